The van der Waals surface area contributed by atoms with Crippen molar-refractivity contribution in [1.29, 1.82) is 0 Å². The number of hydrogen-bond donors (Lipinski definition) is 1. The summed E-state index contributed by atoms with van der Waals surface area (Å²) in [6, 6.07) is 0.752. The first kappa shape index (κ1) is 11.3. The van der Waals surface area contributed by atoms with E-state index in [0.717, 1.165) is 6.04 Å². The van der Waals surface area contributed by atoms with Gasteiger partial charge in [0, 0.05) is 6.04 Å². The molecule has 0 aromatic carbocycles. The van der Waals surface area contributed by atoms with Crippen LogP contribution in [0.2, 0.25) is 0 Å². The molecule has 0 aromatic heterocycles. The molecule has 0 bridgehead atoms. The van der Waals surface area contributed by atoms with Gasteiger partial charge in [-0.15, -0.1) is 0 Å². The van der Waals surface area contributed by atoms with Gasteiger partial charge in [0.25, 0.3) is 0 Å². The highest BCUT2D eigenvalue weighted by Crippen LogP contribution is 2.07. The van der Waals surface area contributed by atoms with Crippen molar-refractivity contribution in [2.45, 2.75) is 38.6 Å². The standard InChI is InChI=1S/C9H21NS/c1-4-5-6-9(10-2)7-8-11-3/h9-10H,4-8H2,1-3H3. The molecular formula is C9H21NS. The minimum absolute atomic E-state index is 0.752. The van der Waals surface area contributed by atoms with Crippen LogP contribution in [0.15, 0.2) is 0 Å². The van der Waals surface area contributed by atoms with Crippen LogP contribution in [0.25, 0.3) is 0 Å². The fourth-order valence-electron chi connectivity index (χ4n) is 1.14. The van der Waals surface area contributed by atoms with Crippen LogP contribution in [0.5, 0.6) is 0 Å². The van der Waals surface area contributed by atoms with Crippen LogP contribution in [0, 0.1) is 0 Å². The van der Waals surface area contributed by atoms with Crippen molar-refractivity contribution >= 4 is 11.8 Å². The van der Waals surface area contributed by atoms with Gasteiger partial charge in [-0.3, -0.25) is 0 Å². The summed E-state index contributed by atoms with van der Waals surface area (Å²) in [6.07, 6.45) is 7.51. The Morgan fingerprint density at radius 1 is 1.36 bits per heavy atom. The lowest BCUT2D eigenvalue weighted by Crippen LogP contribution is -2.25. The molecule has 1 unspecified atom stereocenters. The molecule has 0 aliphatic rings. The molecule has 0 spiro atoms. The maximum atomic E-state index is 3.36. The van der Waals surface area contributed by atoms with E-state index in [0.29, 0.717) is 0 Å². The summed E-state index contributed by atoms with van der Waals surface area (Å²) in [6.45, 7) is 2.25. The molecule has 1 atom stereocenters. The molecule has 2 heteroatoms. The lowest BCUT2D eigenvalue weighted by atomic mass is 10.1. The molecule has 11 heavy (non-hydrogen) atoms. The van der Waals surface area contributed by atoms with E-state index in [1.807, 2.05) is 11.8 Å². The van der Waals surface area contributed by atoms with Gasteiger partial charge < -0.3 is 5.32 Å². The minimum atomic E-state index is 0.752. The Hall–Kier alpha value is 0.310. The predicted molar refractivity (Wildman–Crippen MR) is 55.4 cm³/mol. The molecule has 0 amide bonds. The molecule has 68 valence electrons. The second-order valence-electron chi connectivity index (χ2n) is 2.91. The van der Waals surface area contributed by atoms with E-state index >= 15 is 0 Å². The second-order valence-corrected chi connectivity index (χ2v) is 3.89. The van der Waals surface area contributed by atoms with Gasteiger partial charge >= 0.3 is 0 Å². The number of rotatable bonds is 7. The fraction of sp³-hybridized carbons (Fsp3) is 1.00. The molecule has 0 rings (SSSR count). The topological polar surface area (TPSA) is 12.0 Å². The summed E-state index contributed by atoms with van der Waals surface area (Å²) in [5, 5.41) is 3.36. The van der Waals surface area contributed by atoms with Crippen molar-refractivity contribution < 1.29 is 0 Å². The van der Waals surface area contributed by atoms with E-state index in [-0.39, 0.29) is 0 Å². The molecule has 0 aromatic rings. The Kier molecular flexibility index (Phi) is 8.64. The van der Waals surface area contributed by atoms with Crippen LogP contribution in [0.4, 0.5) is 0 Å². The molecule has 0 fully saturated rings. The zero-order chi connectivity index (χ0) is 8.53. The van der Waals surface area contributed by atoms with Crippen LogP contribution >= 0.6 is 11.8 Å². The Labute approximate surface area is 75.3 Å². The average molecular weight is 175 g/mol. The average Bonchev–Trinajstić information content (AvgIpc) is 2.05. The smallest absolute Gasteiger partial charge is 0.00719 e. The van der Waals surface area contributed by atoms with E-state index in [9.17, 15) is 0 Å². The molecule has 1 N–H and O–H groups in total. The number of hydrogen-bond acceptors (Lipinski definition) is 2. The van der Waals surface area contributed by atoms with Crippen molar-refractivity contribution in [1.82, 2.24) is 5.32 Å². The van der Waals surface area contributed by atoms with Crippen molar-refractivity contribution in [3.63, 3.8) is 0 Å². The highest BCUT2D eigenvalue weighted by Gasteiger charge is 2.03. The third-order valence-electron chi connectivity index (χ3n) is 1.98. The molecule has 0 saturated carbocycles. The van der Waals surface area contributed by atoms with Crippen LogP contribution in [-0.2, 0) is 0 Å². The van der Waals surface area contributed by atoms with Crippen LogP contribution < -0.4 is 5.32 Å². The van der Waals surface area contributed by atoms with Gasteiger partial charge in [0.05, 0.1) is 0 Å². The highest BCUT2D eigenvalue weighted by atomic mass is 32.2. The summed E-state index contributed by atoms with van der Waals surface area (Å²) in [7, 11) is 2.07. The van der Waals surface area contributed by atoms with Gasteiger partial charge in [-0.2, -0.15) is 11.8 Å². The van der Waals surface area contributed by atoms with Gasteiger partial charge in [0.15, 0.2) is 0 Å². The molecule has 0 heterocycles. The van der Waals surface area contributed by atoms with E-state index in [4.69, 9.17) is 0 Å². The zero-order valence-electron chi connectivity index (χ0n) is 8.02. The molecule has 0 radical (unpaired) electrons. The van der Waals surface area contributed by atoms with E-state index in [1.165, 1.54) is 31.4 Å². The lowest BCUT2D eigenvalue weighted by molar-refractivity contribution is 0.491. The lowest BCUT2D eigenvalue weighted by Gasteiger charge is -2.14. The van der Waals surface area contributed by atoms with E-state index in [2.05, 4.69) is 25.5 Å². The van der Waals surface area contributed by atoms with Crippen LogP contribution in [0.3, 0.4) is 0 Å². The monoisotopic (exact) mass is 175 g/mol. The van der Waals surface area contributed by atoms with E-state index in [1.54, 1.807) is 0 Å². The minimum Gasteiger partial charge on any atom is -0.317 e. The maximum Gasteiger partial charge on any atom is 0.00719 e. The van der Waals surface area contributed by atoms with Crippen molar-refractivity contribution in [3.05, 3.63) is 0 Å². The first-order chi connectivity index (χ1) is 5.35. The normalized spacial score (nSPS) is 13.4. The van der Waals surface area contributed by atoms with Gasteiger partial charge in [0.2, 0.25) is 0 Å². The summed E-state index contributed by atoms with van der Waals surface area (Å²) in [5.41, 5.74) is 0. The van der Waals surface area contributed by atoms with Gasteiger partial charge in [0.1, 0.15) is 0 Å². The van der Waals surface area contributed by atoms with Crippen molar-refractivity contribution in [3.8, 4) is 0 Å². The number of nitrogens with one attached hydrogen (secondary N) is 1. The Morgan fingerprint density at radius 2 is 2.09 bits per heavy atom. The van der Waals surface area contributed by atoms with Crippen molar-refractivity contribution in [2.75, 3.05) is 19.1 Å². The molecular weight excluding hydrogens is 154 g/mol. The first-order valence-corrected chi connectivity index (χ1v) is 5.90. The quantitative estimate of drug-likeness (QED) is 0.638. The molecule has 1 nitrogen and oxygen atoms in total. The fourth-order valence-corrected chi connectivity index (χ4v) is 1.66. The van der Waals surface area contributed by atoms with Crippen LogP contribution in [0.1, 0.15) is 32.6 Å². The summed E-state index contributed by atoms with van der Waals surface area (Å²) >= 11 is 1.94. The maximum absolute atomic E-state index is 3.36. The van der Waals surface area contributed by atoms with Gasteiger partial charge in [-0.1, -0.05) is 19.8 Å². The summed E-state index contributed by atoms with van der Waals surface area (Å²) in [5.74, 6) is 1.29. The predicted octanol–water partition coefficient (Wildman–Crippen LogP) is 2.52. The number of thioether (sulfide) groups is 1. The Balaban J connectivity index is 3.25. The Morgan fingerprint density at radius 3 is 2.55 bits per heavy atom. The largest absolute Gasteiger partial charge is 0.317 e. The zero-order valence-corrected chi connectivity index (χ0v) is 8.84. The first-order valence-electron chi connectivity index (χ1n) is 4.51. The Bertz CT molecular complexity index is 68.0. The summed E-state index contributed by atoms with van der Waals surface area (Å²) in [4.78, 5) is 0. The SMILES string of the molecule is CCCCC(CCSC)NC. The molecule has 0 aliphatic heterocycles. The van der Waals surface area contributed by atoms with E-state index < -0.39 is 0 Å². The van der Waals surface area contributed by atoms with Crippen LogP contribution in [-0.4, -0.2) is 25.1 Å². The second kappa shape index (κ2) is 8.41. The molecule has 0 saturated heterocycles. The number of unbranched alkanes of at least 4 members (excludes halogenated alkanes) is 1. The third kappa shape index (κ3) is 6.70. The molecule has 0 aliphatic carbocycles. The third-order valence-corrected chi connectivity index (χ3v) is 2.63. The van der Waals surface area contributed by atoms with Crippen molar-refractivity contribution in [2.24, 2.45) is 0 Å². The van der Waals surface area contributed by atoms with Gasteiger partial charge in [-0.05, 0) is 31.9 Å². The van der Waals surface area contributed by atoms with Gasteiger partial charge in [-0.25, -0.2) is 0 Å². The summed E-state index contributed by atoms with van der Waals surface area (Å²) < 4.78 is 0. The highest BCUT2D eigenvalue weighted by molar-refractivity contribution is 7.98.